The molecule has 0 saturated heterocycles. The van der Waals surface area contributed by atoms with E-state index in [1.807, 2.05) is 36.9 Å². The number of carbonyl (C=O) groups is 1. The van der Waals surface area contributed by atoms with Crippen molar-refractivity contribution in [3.05, 3.63) is 58.9 Å². The molecule has 5 nitrogen and oxygen atoms in total. The molecule has 0 saturated carbocycles. The van der Waals surface area contributed by atoms with E-state index in [1.54, 1.807) is 6.20 Å². The highest BCUT2D eigenvalue weighted by Crippen LogP contribution is 2.25. The molecule has 0 atom stereocenters. The number of hydrogen-bond donors (Lipinski definition) is 0. The van der Waals surface area contributed by atoms with E-state index in [4.69, 9.17) is 4.52 Å². The molecule has 3 aromatic rings. The summed E-state index contributed by atoms with van der Waals surface area (Å²) < 4.78 is 5.25. The molecule has 0 N–H and O–H groups in total. The largest absolute Gasteiger partial charge is 0.336 e. The van der Waals surface area contributed by atoms with E-state index in [0.29, 0.717) is 17.8 Å². The van der Waals surface area contributed by atoms with Gasteiger partial charge in [-0.3, -0.25) is 4.79 Å². The molecular weight excluding hydrogens is 302 g/mol. The first-order chi connectivity index (χ1) is 11.6. The minimum atomic E-state index is 0.00908. The van der Waals surface area contributed by atoms with Gasteiger partial charge in [0.15, 0.2) is 0 Å². The number of nitrogens with zero attached hydrogens (tertiary/aromatic N) is 3. The summed E-state index contributed by atoms with van der Waals surface area (Å²) in [5.74, 6) is 0.232. The van der Waals surface area contributed by atoms with Crippen molar-refractivity contribution >= 4 is 17.0 Å². The van der Waals surface area contributed by atoms with Crippen LogP contribution in [0.5, 0.6) is 0 Å². The van der Waals surface area contributed by atoms with Gasteiger partial charge < -0.3 is 9.42 Å². The standard InChI is InChI=1S/C19H19N3O2/c1-12(2)17-16-9-15(10-20-18(16)24-21-17)19(23)22-8-7-13-5-3-4-6-14(13)11-22/h3-6,9-10,12H,7-8,11H2,1-2H3. The lowest BCUT2D eigenvalue weighted by Gasteiger charge is -2.28. The van der Waals surface area contributed by atoms with E-state index in [-0.39, 0.29) is 11.8 Å². The van der Waals surface area contributed by atoms with Crippen molar-refractivity contribution in [2.45, 2.75) is 32.7 Å². The van der Waals surface area contributed by atoms with E-state index in [0.717, 1.165) is 24.0 Å². The number of hydrogen-bond acceptors (Lipinski definition) is 4. The monoisotopic (exact) mass is 321 g/mol. The number of benzene rings is 1. The van der Waals surface area contributed by atoms with Gasteiger partial charge in [-0.1, -0.05) is 43.3 Å². The van der Waals surface area contributed by atoms with Crippen LogP contribution in [0, 0.1) is 0 Å². The summed E-state index contributed by atoms with van der Waals surface area (Å²) in [4.78, 5) is 19.0. The third-order valence-electron chi connectivity index (χ3n) is 4.57. The van der Waals surface area contributed by atoms with E-state index in [9.17, 15) is 4.79 Å². The van der Waals surface area contributed by atoms with Crippen LogP contribution in [0.15, 0.2) is 41.1 Å². The van der Waals surface area contributed by atoms with E-state index < -0.39 is 0 Å². The van der Waals surface area contributed by atoms with Crippen LogP contribution in [-0.2, 0) is 13.0 Å². The summed E-state index contributed by atoms with van der Waals surface area (Å²) in [5.41, 5.74) is 4.47. The first-order valence-corrected chi connectivity index (χ1v) is 8.25. The fourth-order valence-electron chi connectivity index (χ4n) is 3.24. The van der Waals surface area contributed by atoms with Crippen molar-refractivity contribution in [2.75, 3.05) is 6.54 Å². The predicted octanol–water partition coefficient (Wildman–Crippen LogP) is 3.54. The normalized spacial score (nSPS) is 14.2. The summed E-state index contributed by atoms with van der Waals surface area (Å²) in [6.45, 7) is 5.48. The van der Waals surface area contributed by atoms with Crippen molar-refractivity contribution in [1.82, 2.24) is 15.0 Å². The first kappa shape index (κ1) is 14.9. The summed E-state index contributed by atoms with van der Waals surface area (Å²) in [6, 6.07) is 10.2. The average molecular weight is 321 g/mol. The van der Waals surface area contributed by atoms with E-state index in [1.165, 1.54) is 11.1 Å². The SMILES string of the molecule is CC(C)c1noc2ncc(C(=O)N3CCc4ccccc4C3)cc12. The Morgan fingerprint density at radius 2 is 2.04 bits per heavy atom. The molecule has 1 aliphatic rings. The van der Waals surface area contributed by atoms with Gasteiger partial charge in [-0.2, -0.15) is 0 Å². The maximum absolute atomic E-state index is 12.9. The van der Waals surface area contributed by atoms with Crippen molar-refractivity contribution in [3.63, 3.8) is 0 Å². The second kappa shape index (κ2) is 5.74. The highest BCUT2D eigenvalue weighted by molar-refractivity contribution is 5.97. The molecule has 0 aliphatic carbocycles. The molecule has 24 heavy (non-hydrogen) atoms. The Bertz CT molecular complexity index is 914. The molecular formula is C19H19N3O2. The molecule has 0 fully saturated rings. The van der Waals surface area contributed by atoms with Gasteiger partial charge in [0.05, 0.1) is 16.6 Å². The third-order valence-corrected chi connectivity index (χ3v) is 4.57. The summed E-state index contributed by atoms with van der Waals surface area (Å²) in [5, 5.41) is 4.90. The number of fused-ring (bicyclic) bond motifs is 2. The quantitative estimate of drug-likeness (QED) is 0.724. The summed E-state index contributed by atoms with van der Waals surface area (Å²) in [6.07, 6.45) is 2.47. The van der Waals surface area contributed by atoms with Crippen molar-refractivity contribution in [1.29, 1.82) is 0 Å². The van der Waals surface area contributed by atoms with Gasteiger partial charge in [-0.05, 0) is 29.5 Å². The minimum Gasteiger partial charge on any atom is -0.336 e. The Balaban J connectivity index is 1.65. The maximum atomic E-state index is 12.9. The van der Waals surface area contributed by atoms with Crippen molar-refractivity contribution < 1.29 is 9.32 Å². The van der Waals surface area contributed by atoms with Crippen LogP contribution in [0.3, 0.4) is 0 Å². The molecule has 0 spiro atoms. The van der Waals surface area contributed by atoms with Gasteiger partial charge in [-0.25, -0.2) is 4.98 Å². The van der Waals surface area contributed by atoms with Crippen LogP contribution in [0.25, 0.3) is 11.1 Å². The van der Waals surface area contributed by atoms with Crippen molar-refractivity contribution in [2.24, 2.45) is 0 Å². The topological polar surface area (TPSA) is 59.2 Å². The Kier molecular flexibility index (Phi) is 3.56. The van der Waals surface area contributed by atoms with Gasteiger partial charge in [0.1, 0.15) is 0 Å². The molecule has 5 heteroatoms. The zero-order chi connectivity index (χ0) is 16.7. The molecule has 1 aromatic carbocycles. The molecule has 0 radical (unpaired) electrons. The van der Waals surface area contributed by atoms with Gasteiger partial charge in [0.25, 0.3) is 11.6 Å². The van der Waals surface area contributed by atoms with Crippen LogP contribution in [0.2, 0.25) is 0 Å². The van der Waals surface area contributed by atoms with Crippen molar-refractivity contribution in [3.8, 4) is 0 Å². The number of rotatable bonds is 2. The van der Waals surface area contributed by atoms with Gasteiger partial charge in [0, 0.05) is 19.3 Å². The Morgan fingerprint density at radius 3 is 2.83 bits per heavy atom. The van der Waals surface area contributed by atoms with E-state index >= 15 is 0 Å². The van der Waals surface area contributed by atoms with Gasteiger partial charge >= 0.3 is 0 Å². The molecule has 2 aromatic heterocycles. The Morgan fingerprint density at radius 1 is 1.25 bits per heavy atom. The Labute approximate surface area is 140 Å². The lowest BCUT2D eigenvalue weighted by atomic mass is 9.99. The highest BCUT2D eigenvalue weighted by Gasteiger charge is 2.23. The second-order valence-corrected chi connectivity index (χ2v) is 6.54. The molecule has 3 heterocycles. The number of carbonyl (C=O) groups excluding carboxylic acids is 1. The third kappa shape index (κ3) is 2.46. The van der Waals surface area contributed by atoms with Crippen LogP contribution in [0.1, 0.15) is 46.9 Å². The average Bonchev–Trinajstić information content (AvgIpc) is 3.04. The fraction of sp³-hybridized carbons (Fsp3) is 0.316. The lowest BCUT2D eigenvalue weighted by Crippen LogP contribution is -2.35. The summed E-state index contributed by atoms with van der Waals surface area (Å²) in [7, 11) is 0. The smallest absolute Gasteiger partial charge is 0.257 e. The van der Waals surface area contributed by atoms with Crippen LogP contribution < -0.4 is 0 Å². The molecule has 0 bridgehead atoms. The Hall–Kier alpha value is -2.69. The van der Waals surface area contributed by atoms with Crippen LogP contribution in [-0.4, -0.2) is 27.5 Å². The van der Waals surface area contributed by atoms with Gasteiger partial charge in [0.2, 0.25) is 0 Å². The van der Waals surface area contributed by atoms with Crippen LogP contribution in [0.4, 0.5) is 0 Å². The molecule has 1 amide bonds. The minimum absolute atomic E-state index is 0.00908. The molecule has 122 valence electrons. The zero-order valence-corrected chi connectivity index (χ0v) is 13.8. The predicted molar refractivity (Wildman–Crippen MR) is 90.8 cm³/mol. The second-order valence-electron chi connectivity index (χ2n) is 6.54. The van der Waals surface area contributed by atoms with Gasteiger partial charge in [-0.15, -0.1) is 0 Å². The maximum Gasteiger partial charge on any atom is 0.257 e. The van der Waals surface area contributed by atoms with E-state index in [2.05, 4.69) is 22.3 Å². The number of amides is 1. The van der Waals surface area contributed by atoms with Crippen LogP contribution >= 0.6 is 0 Å². The zero-order valence-electron chi connectivity index (χ0n) is 13.8. The molecule has 4 rings (SSSR count). The molecule has 1 aliphatic heterocycles. The lowest BCUT2D eigenvalue weighted by molar-refractivity contribution is 0.0734. The first-order valence-electron chi connectivity index (χ1n) is 8.25. The fourth-order valence-corrected chi connectivity index (χ4v) is 3.24. The number of pyridine rings is 1. The molecule has 0 unspecified atom stereocenters. The summed E-state index contributed by atoms with van der Waals surface area (Å²) >= 11 is 0. The number of aromatic nitrogens is 2. The highest BCUT2D eigenvalue weighted by atomic mass is 16.5.